The molecule has 0 bridgehead atoms. The standard InChI is InChI=1S/C13H24N4/c1-6-10(4)15-12-7-11(5)16-13(17-12)14-8-9(2)3/h7,9-10H,6,8H2,1-5H3,(H2,14,15,16,17). The topological polar surface area (TPSA) is 49.8 Å². The molecule has 1 unspecified atom stereocenters. The monoisotopic (exact) mass is 236 g/mol. The van der Waals surface area contributed by atoms with Crippen molar-refractivity contribution in [1.82, 2.24) is 9.97 Å². The summed E-state index contributed by atoms with van der Waals surface area (Å²) in [5, 5.41) is 6.62. The van der Waals surface area contributed by atoms with Gasteiger partial charge in [0.05, 0.1) is 0 Å². The van der Waals surface area contributed by atoms with Gasteiger partial charge in [0.15, 0.2) is 0 Å². The van der Waals surface area contributed by atoms with Crippen LogP contribution in [-0.2, 0) is 0 Å². The van der Waals surface area contributed by atoms with Crippen molar-refractivity contribution in [2.24, 2.45) is 5.92 Å². The van der Waals surface area contributed by atoms with Gasteiger partial charge in [-0.2, -0.15) is 4.98 Å². The second-order valence-electron chi connectivity index (χ2n) is 4.95. The largest absolute Gasteiger partial charge is 0.367 e. The normalized spacial score (nSPS) is 12.6. The van der Waals surface area contributed by atoms with Crippen LogP contribution in [0.15, 0.2) is 6.07 Å². The molecule has 1 heterocycles. The van der Waals surface area contributed by atoms with Gasteiger partial charge in [-0.3, -0.25) is 0 Å². The number of aryl methyl sites for hydroxylation is 1. The lowest BCUT2D eigenvalue weighted by molar-refractivity contribution is 0.684. The Bertz CT molecular complexity index is 349. The summed E-state index contributed by atoms with van der Waals surface area (Å²) >= 11 is 0. The van der Waals surface area contributed by atoms with Crippen molar-refractivity contribution in [2.75, 3.05) is 17.2 Å². The average Bonchev–Trinajstić information content (AvgIpc) is 2.25. The van der Waals surface area contributed by atoms with E-state index in [4.69, 9.17) is 0 Å². The Morgan fingerprint density at radius 1 is 1.24 bits per heavy atom. The van der Waals surface area contributed by atoms with Crippen LogP contribution in [0.3, 0.4) is 0 Å². The average molecular weight is 236 g/mol. The molecule has 96 valence electrons. The van der Waals surface area contributed by atoms with Crippen LogP contribution >= 0.6 is 0 Å². The van der Waals surface area contributed by atoms with E-state index in [1.54, 1.807) is 0 Å². The summed E-state index contributed by atoms with van der Waals surface area (Å²) in [6, 6.07) is 2.41. The zero-order valence-electron chi connectivity index (χ0n) is 11.5. The molecule has 0 aliphatic rings. The van der Waals surface area contributed by atoms with Crippen molar-refractivity contribution in [3.05, 3.63) is 11.8 Å². The van der Waals surface area contributed by atoms with Gasteiger partial charge in [0, 0.05) is 24.3 Å². The Labute approximate surface area is 104 Å². The molecule has 0 amide bonds. The molecule has 1 atom stereocenters. The summed E-state index contributed by atoms with van der Waals surface area (Å²) < 4.78 is 0. The fourth-order valence-corrected chi connectivity index (χ4v) is 1.37. The fourth-order valence-electron chi connectivity index (χ4n) is 1.37. The highest BCUT2D eigenvalue weighted by Crippen LogP contribution is 2.11. The van der Waals surface area contributed by atoms with E-state index >= 15 is 0 Å². The van der Waals surface area contributed by atoms with Gasteiger partial charge in [0.2, 0.25) is 5.95 Å². The number of rotatable bonds is 6. The van der Waals surface area contributed by atoms with Crippen LogP contribution < -0.4 is 10.6 Å². The summed E-state index contributed by atoms with van der Waals surface area (Å²) in [5.41, 5.74) is 0.983. The number of anilines is 2. The summed E-state index contributed by atoms with van der Waals surface area (Å²) in [4.78, 5) is 8.84. The number of nitrogens with zero attached hydrogens (tertiary/aromatic N) is 2. The first-order valence-corrected chi connectivity index (χ1v) is 6.37. The number of hydrogen-bond acceptors (Lipinski definition) is 4. The molecular formula is C13H24N4. The zero-order chi connectivity index (χ0) is 12.8. The first-order chi connectivity index (χ1) is 8.01. The van der Waals surface area contributed by atoms with Gasteiger partial charge >= 0.3 is 0 Å². The third-order valence-electron chi connectivity index (χ3n) is 2.53. The number of hydrogen-bond donors (Lipinski definition) is 2. The summed E-state index contributed by atoms with van der Waals surface area (Å²) in [6.07, 6.45) is 1.08. The lowest BCUT2D eigenvalue weighted by Gasteiger charge is -2.14. The predicted octanol–water partition coefficient (Wildman–Crippen LogP) is 3.06. The van der Waals surface area contributed by atoms with Crippen molar-refractivity contribution in [3.8, 4) is 0 Å². The maximum absolute atomic E-state index is 4.46. The zero-order valence-corrected chi connectivity index (χ0v) is 11.5. The van der Waals surface area contributed by atoms with Crippen LogP contribution in [0.4, 0.5) is 11.8 Å². The Balaban J connectivity index is 2.72. The second-order valence-corrected chi connectivity index (χ2v) is 4.95. The third kappa shape index (κ3) is 5.02. The molecule has 0 aromatic carbocycles. The van der Waals surface area contributed by atoms with E-state index in [9.17, 15) is 0 Å². The molecule has 1 aromatic heterocycles. The lowest BCUT2D eigenvalue weighted by atomic mass is 10.2. The molecule has 0 aliphatic carbocycles. The highest BCUT2D eigenvalue weighted by molar-refractivity contribution is 5.42. The number of nitrogens with one attached hydrogen (secondary N) is 2. The van der Waals surface area contributed by atoms with Crippen molar-refractivity contribution < 1.29 is 0 Å². The molecule has 2 N–H and O–H groups in total. The van der Waals surface area contributed by atoms with E-state index in [1.807, 2.05) is 13.0 Å². The van der Waals surface area contributed by atoms with Gasteiger partial charge in [-0.05, 0) is 26.2 Å². The second kappa shape index (κ2) is 6.42. The molecule has 4 heteroatoms. The van der Waals surface area contributed by atoms with Crippen molar-refractivity contribution in [1.29, 1.82) is 0 Å². The van der Waals surface area contributed by atoms with Crippen LogP contribution in [0.2, 0.25) is 0 Å². The summed E-state index contributed by atoms with van der Waals surface area (Å²) in [6.45, 7) is 11.5. The highest BCUT2D eigenvalue weighted by atomic mass is 15.1. The first-order valence-electron chi connectivity index (χ1n) is 6.37. The van der Waals surface area contributed by atoms with E-state index in [0.717, 1.165) is 24.5 Å². The first kappa shape index (κ1) is 13.7. The van der Waals surface area contributed by atoms with Crippen LogP contribution in [0.25, 0.3) is 0 Å². The smallest absolute Gasteiger partial charge is 0.224 e. The van der Waals surface area contributed by atoms with Gasteiger partial charge in [-0.1, -0.05) is 20.8 Å². The van der Waals surface area contributed by atoms with Crippen molar-refractivity contribution >= 4 is 11.8 Å². The molecule has 1 rings (SSSR count). The molecule has 0 saturated carbocycles. The quantitative estimate of drug-likeness (QED) is 0.797. The van der Waals surface area contributed by atoms with Crippen molar-refractivity contribution in [2.45, 2.75) is 47.1 Å². The van der Waals surface area contributed by atoms with Crippen molar-refractivity contribution in [3.63, 3.8) is 0 Å². The Morgan fingerprint density at radius 3 is 2.53 bits per heavy atom. The van der Waals surface area contributed by atoms with Crippen LogP contribution in [-0.4, -0.2) is 22.6 Å². The van der Waals surface area contributed by atoms with Crippen LogP contribution in [0.5, 0.6) is 0 Å². The lowest BCUT2D eigenvalue weighted by Crippen LogP contribution is -2.17. The molecule has 1 aromatic rings. The SMILES string of the molecule is CCC(C)Nc1cc(C)nc(NCC(C)C)n1. The Hall–Kier alpha value is -1.32. The fraction of sp³-hybridized carbons (Fsp3) is 0.692. The maximum atomic E-state index is 4.46. The molecule has 4 nitrogen and oxygen atoms in total. The van der Waals surface area contributed by atoms with E-state index in [-0.39, 0.29) is 0 Å². The Kier molecular flexibility index (Phi) is 5.19. The molecular weight excluding hydrogens is 212 g/mol. The van der Waals surface area contributed by atoms with E-state index in [1.165, 1.54) is 0 Å². The van der Waals surface area contributed by atoms with Gasteiger partial charge in [-0.25, -0.2) is 4.98 Å². The van der Waals surface area contributed by atoms with E-state index < -0.39 is 0 Å². The maximum Gasteiger partial charge on any atom is 0.224 e. The number of aromatic nitrogens is 2. The molecule has 0 fully saturated rings. The van der Waals surface area contributed by atoms with E-state index in [2.05, 4.69) is 48.3 Å². The van der Waals surface area contributed by atoms with Gasteiger partial charge in [-0.15, -0.1) is 0 Å². The molecule has 17 heavy (non-hydrogen) atoms. The highest BCUT2D eigenvalue weighted by Gasteiger charge is 2.05. The summed E-state index contributed by atoms with van der Waals surface area (Å²) in [7, 11) is 0. The predicted molar refractivity (Wildman–Crippen MR) is 73.5 cm³/mol. The van der Waals surface area contributed by atoms with Gasteiger partial charge in [0.1, 0.15) is 5.82 Å². The van der Waals surface area contributed by atoms with Crippen LogP contribution in [0.1, 0.15) is 39.8 Å². The molecule has 0 aliphatic heterocycles. The Morgan fingerprint density at radius 2 is 1.94 bits per heavy atom. The van der Waals surface area contributed by atoms with Gasteiger partial charge < -0.3 is 10.6 Å². The third-order valence-corrected chi connectivity index (χ3v) is 2.53. The minimum absolute atomic E-state index is 0.433. The van der Waals surface area contributed by atoms with Crippen LogP contribution in [0, 0.1) is 12.8 Å². The molecule has 0 saturated heterocycles. The molecule has 0 radical (unpaired) electrons. The minimum atomic E-state index is 0.433. The van der Waals surface area contributed by atoms with E-state index in [0.29, 0.717) is 17.9 Å². The summed E-state index contributed by atoms with van der Waals surface area (Å²) in [5.74, 6) is 2.20. The van der Waals surface area contributed by atoms with Gasteiger partial charge in [0.25, 0.3) is 0 Å². The minimum Gasteiger partial charge on any atom is -0.367 e. The molecule has 0 spiro atoms.